The first-order valence-corrected chi connectivity index (χ1v) is 54.5. The first-order valence-electron chi connectivity index (χ1n) is 54.5. The molecular weight excluding hydrogens is 1350 g/mol. The molecule has 0 aromatic carbocycles. The average Bonchev–Trinajstić information content (AvgIpc) is 0.729. The minimum atomic E-state index is 0.448. The Morgan fingerprint density at radius 1 is 0.196 bits per heavy atom. The Morgan fingerprint density at radius 3 is 0.991 bits per heavy atom. The van der Waals surface area contributed by atoms with Crippen molar-refractivity contribution in [1.82, 2.24) is 14.7 Å². The third-order valence-corrected chi connectivity index (χ3v) is 45.4. The topological polar surface area (TPSA) is 9.72 Å². The van der Waals surface area contributed by atoms with Gasteiger partial charge in [0.05, 0.1) is 0 Å². The van der Waals surface area contributed by atoms with Crippen molar-refractivity contribution < 1.29 is 0 Å². The second-order valence-corrected chi connectivity index (χ2v) is 50.2. The molecule has 22 aliphatic rings. The molecule has 0 N–H and O–H groups in total. The number of rotatable bonds is 11. The molecule has 19 aliphatic carbocycles. The maximum absolute atomic E-state index is 4.12. The van der Waals surface area contributed by atoms with Crippen molar-refractivity contribution in [2.75, 3.05) is 0 Å². The monoisotopic (exact) mass is 1530 g/mol. The van der Waals surface area contributed by atoms with E-state index in [1.807, 2.05) is 0 Å². The highest BCUT2D eigenvalue weighted by atomic mass is 15.3. The summed E-state index contributed by atoms with van der Waals surface area (Å²) in [6, 6.07) is 7.89. The van der Waals surface area contributed by atoms with Gasteiger partial charge in [-0.05, 0) is 324 Å². The van der Waals surface area contributed by atoms with E-state index in [-0.39, 0.29) is 0 Å². The van der Waals surface area contributed by atoms with E-state index in [0.29, 0.717) is 5.41 Å². The van der Waals surface area contributed by atoms with Gasteiger partial charge < -0.3 is 0 Å². The maximum atomic E-state index is 4.12. The van der Waals surface area contributed by atoms with Crippen LogP contribution in [0.2, 0.25) is 17.5 Å². The van der Waals surface area contributed by atoms with Crippen molar-refractivity contribution in [2.24, 2.45) is 165 Å². The van der Waals surface area contributed by atoms with E-state index in [0.717, 1.165) is 238 Å². The van der Waals surface area contributed by atoms with Gasteiger partial charge >= 0.3 is 0 Å². The Hall–Kier alpha value is -0.0551. The summed E-state index contributed by atoms with van der Waals surface area (Å²) in [5.41, 5.74) is 0.448. The SMILES string of the molecule is CC(C)(C)C1CCC(C2CC3C4B(C5CCC(C6CC7CCCC8C9CCCC%10CCCC(C(C6)C78)C%109)CC5N3C3C(C5CCCCC5)CC(C5CCCCC5)CC3C3CCCCC3)C3CCC(N5C6CCCCC6C6CCCCC65)CC3N(C3C(C5CCCCC5)CC(C5CCCCC5)CC3C3CCCCC3)C4C2)CC1. The van der Waals surface area contributed by atoms with Crippen LogP contribution in [0.15, 0.2) is 0 Å². The fraction of sp³-hybridized carbons (Fsp3) is 1.00. The van der Waals surface area contributed by atoms with Crippen molar-refractivity contribution >= 4 is 6.71 Å². The zero-order chi connectivity index (χ0) is 74.3. The molecule has 0 amide bonds. The molecule has 0 bridgehead atoms. The number of hydrogen-bond acceptors (Lipinski definition) is 3. The smallest absolute Gasteiger partial charge is 0.156 e. The molecule has 27 unspecified atom stereocenters. The lowest BCUT2D eigenvalue weighted by Crippen LogP contribution is -2.77. The number of likely N-dealkylation sites (tertiary alicyclic amines) is 1. The van der Waals surface area contributed by atoms with E-state index in [4.69, 9.17) is 0 Å². The Labute approximate surface area is 692 Å². The summed E-state index contributed by atoms with van der Waals surface area (Å²) in [5.74, 6) is 30.8. The molecule has 3 aliphatic heterocycles. The molecule has 27 atom stereocenters. The van der Waals surface area contributed by atoms with Gasteiger partial charge in [0.25, 0.3) is 0 Å². The van der Waals surface area contributed by atoms with Crippen LogP contribution < -0.4 is 0 Å². The molecule has 0 radical (unpaired) electrons. The summed E-state index contributed by atoms with van der Waals surface area (Å²) < 4.78 is 0. The minimum Gasteiger partial charge on any atom is -0.295 e. The van der Waals surface area contributed by atoms with Crippen LogP contribution in [0.25, 0.3) is 0 Å². The lowest BCUT2D eigenvalue weighted by molar-refractivity contribution is -0.157. The molecule has 0 aromatic heterocycles. The molecule has 19 saturated carbocycles. The fourth-order valence-electron chi connectivity index (χ4n) is 41.6. The van der Waals surface area contributed by atoms with Crippen LogP contribution in [0.4, 0.5) is 0 Å². The van der Waals surface area contributed by atoms with E-state index >= 15 is 0 Å². The van der Waals surface area contributed by atoms with Crippen molar-refractivity contribution in [3.8, 4) is 0 Å². The summed E-state index contributed by atoms with van der Waals surface area (Å²) in [5, 5.41) is 0. The summed E-state index contributed by atoms with van der Waals surface area (Å²) in [6.45, 7) is 9.05. The highest BCUT2D eigenvalue weighted by molar-refractivity contribution is 6.65. The third-order valence-electron chi connectivity index (χ3n) is 45.4. The van der Waals surface area contributed by atoms with Crippen LogP contribution in [-0.4, -0.2) is 75.8 Å². The lowest BCUT2D eigenvalue weighted by atomic mass is 9.18. The van der Waals surface area contributed by atoms with Crippen molar-refractivity contribution in [3.63, 3.8) is 0 Å². The van der Waals surface area contributed by atoms with Crippen LogP contribution in [0.5, 0.6) is 0 Å². The normalized spacial score (nSPS) is 50.9. The van der Waals surface area contributed by atoms with Crippen molar-refractivity contribution in [1.29, 1.82) is 0 Å². The summed E-state index contributed by atoms with van der Waals surface area (Å²) in [7, 11) is 0. The van der Waals surface area contributed by atoms with Crippen LogP contribution in [0, 0.1) is 165 Å². The molecule has 22 fully saturated rings. The van der Waals surface area contributed by atoms with Crippen LogP contribution >= 0.6 is 0 Å². The number of hydrogen-bond donors (Lipinski definition) is 0. The minimum absolute atomic E-state index is 0.448. The second-order valence-electron chi connectivity index (χ2n) is 50.2. The quantitative estimate of drug-likeness (QED) is 0.191. The summed E-state index contributed by atoms with van der Waals surface area (Å²) in [6.07, 6.45) is 104. The zero-order valence-corrected chi connectivity index (χ0v) is 73.9. The van der Waals surface area contributed by atoms with Gasteiger partial charge in [0, 0.05) is 54.4 Å². The first kappa shape index (κ1) is 78.0. The molecule has 3 nitrogen and oxygen atoms in total. The third kappa shape index (κ3) is 14.3. The Balaban J connectivity index is 0.724. The second kappa shape index (κ2) is 33.5. The molecule has 628 valence electrons. The molecule has 0 spiro atoms. The Morgan fingerprint density at radius 2 is 0.527 bits per heavy atom. The van der Waals surface area contributed by atoms with E-state index in [2.05, 4.69) is 35.5 Å². The van der Waals surface area contributed by atoms with Gasteiger partial charge in [0.2, 0.25) is 0 Å². The summed E-state index contributed by atoms with van der Waals surface area (Å²) in [4.78, 5) is 11.8. The van der Waals surface area contributed by atoms with Gasteiger partial charge in [0.15, 0.2) is 6.71 Å². The average molecular weight is 1530 g/mol. The number of fused-ring (bicyclic) bond motifs is 9. The van der Waals surface area contributed by atoms with Gasteiger partial charge in [-0.15, -0.1) is 0 Å². The zero-order valence-electron chi connectivity index (χ0n) is 73.9. The fourth-order valence-corrected chi connectivity index (χ4v) is 41.6. The summed E-state index contributed by atoms with van der Waals surface area (Å²) >= 11 is 0. The molecule has 3 heterocycles. The molecule has 3 saturated heterocycles. The van der Waals surface area contributed by atoms with E-state index in [9.17, 15) is 0 Å². The van der Waals surface area contributed by atoms with Gasteiger partial charge in [0.1, 0.15) is 0 Å². The Kier molecular flexibility index (Phi) is 23.4. The predicted octanol–water partition coefficient (Wildman–Crippen LogP) is 29.2. The largest absolute Gasteiger partial charge is 0.295 e. The maximum Gasteiger partial charge on any atom is 0.156 e. The molecular formula is C108H178BN3. The molecule has 22 rings (SSSR count). The van der Waals surface area contributed by atoms with E-state index < -0.39 is 0 Å². The lowest BCUT2D eigenvalue weighted by Gasteiger charge is -2.73. The number of nitrogens with zero attached hydrogens (tertiary/aromatic N) is 3. The van der Waals surface area contributed by atoms with Crippen LogP contribution in [0.1, 0.15) is 438 Å². The van der Waals surface area contributed by atoms with Gasteiger partial charge in [-0.3, -0.25) is 14.7 Å². The predicted molar refractivity (Wildman–Crippen MR) is 470 cm³/mol. The highest BCUT2D eigenvalue weighted by Gasteiger charge is 2.71. The van der Waals surface area contributed by atoms with Crippen molar-refractivity contribution in [3.05, 3.63) is 0 Å². The van der Waals surface area contributed by atoms with Gasteiger partial charge in [-0.2, -0.15) is 0 Å². The van der Waals surface area contributed by atoms with E-state index in [1.165, 1.54) is 0 Å². The van der Waals surface area contributed by atoms with E-state index in [1.54, 1.807) is 417 Å². The first-order chi connectivity index (χ1) is 55.2. The van der Waals surface area contributed by atoms with Gasteiger partial charge in [-0.25, -0.2) is 0 Å². The molecule has 112 heavy (non-hydrogen) atoms. The van der Waals surface area contributed by atoms with Crippen LogP contribution in [-0.2, 0) is 0 Å². The Bertz CT molecular complexity index is 2950. The van der Waals surface area contributed by atoms with Gasteiger partial charge in [-0.1, -0.05) is 297 Å². The molecule has 0 aromatic rings. The van der Waals surface area contributed by atoms with Crippen LogP contribution in [0.3, 0.4) is 0 Å². The van der Waals surface area contributed by atoms with Crippen molar-refractivity contribution in [2.45, 2.75) is 510 Å². The standard InChI is InChI=1S/C108H178BN3/c1-108(2,3)83-54-51-71(52-55-83)82-66-101-105-102(67-82)112(107-92(74-37-18-8-19-38-74)62-81(70-31-12-5-13-32-70)63-93(107)75-39-20-9-21-40-75)100-68-84(110-97-49-24-22-44-85(97)86-45-23-25-50-98(86)110)56-58-96(100)109(105)95-57-53-77(79-59-78-43-28-47-88-87-46-26-41-76-42-27-48-89(103(76)87)94(64-79)104(78)88)65-99(95)111(101)106-90(72-33-14-6-15-34-72)60-80(69-29-10-4-11-30-69)61-91(106)73-35-16-7-17-36-73/h69-107H,4-68H2,1-3H3. The highest BCUT2D eigenvalue weighted by Crippen LogP contribution is 2.72. The molecule has 4 heteroatoms.